The van der Waals surface area contributed by atoms with Crippen molar-refractivity contribution in [3.05, 3.63) is 48.5 Å². The topological polar surface area (TPSA) is 46.2 Å². The van der Waals surface area contributed by atoms with E-state index in [1.807, 2.05) is 36.4 Å². The van der Waals surface area contributed by atoms with Crippen molar-refractivity contribution >= 4 is 27.2 Å². The van der Waals surface area contributed by atoms with Crippen molar-refractivity contribution in [3.63, 3.8) is 0 Å². The first-order valence-corrected chi connectivity index (χ1v) is 5.16. The molecule has 78 valence electrons. The van der Waals surface area contributed by atoms with Crippen LogP contribution in [-0.4, -0.2) is 5.11 Å². The molecule has 0 bridgehead atoms. The summed E-state index contributed by atoms with van der Waals surface area (Å²) < 4.78 is 0. The van der Waals surface area contributed by atoms with Crippen LogP contribution in [0.4, 0.5) is 5.69 Å². The van der Waals surface area contributed by atoms with E-state index < -0.39 is 0 Å². The van der Waals surface area contributed by atoms with E-state index in [1.165, 1.54) is 0 Å². The molecular formula is C14H11NO. The molecule has 0 aliphatic rings. The van der Waals surface area contributed by atoms with E-state index in [4.69, 9.17) is 5.73 Å². The zero-order valence-electron chi connectivity index (χ0n) is 8.64. The minimum atomic E-state index is 0.306. The van der Waals surface area contributed by atoms with Crippen molar-refractivity contribution in [1.29, 1.82) is 0 Å². The van der Waals surface area contributed by atoms with Crippen LogP contribution >= 0.6 is 0 Å². The highest BCUT2D eigenvalue weighted by Crippen LogP contribution is 2.34. The van der Waals surface area contributed by atoms with E-state index >= 15 is 0 Å². The van der Waals surface area contributed by atoms with Gasteiger partial charge in [0, 0.05) is 16.5 Å². The van der Waals surface area contributed by atoms with Crippen LogP contribution in [0.2, 0.25) is 0 Å². The summed E-state index contributed by atoms with van der Waals surface area (Å²) >= 11 is 0. The third-order valence-electron chi connectivity index (χ3n) is 2.86. The summed E-state index contributed by atoms with van der Waals surface area (Å²) in [5, 5.41) is 13.9. The number of hydrogen-bond acceptors (Lipinski definition) is 2. The van der Waals surface area contributed by atoms with Gasteiger partial charge in [-0.05, 0) is 29.0 Å². The monoisotopic (exact) mass is 209 g/mol. The van der Waals surface area contributed by atoms with E-state index in [0.29, 0.717) is 11.4 Å². The summed E-state index contributed by atoms with van der Waals surface area (Å²) in [5.74, 6) is 0.306. The van der Waals surface area contributed by atoms with Crippen LogP contribution < -0.4 is 5.73 Å². The van der Waals surface area contributed by atoms with E-state index in [0.717, 1.165) is 21.5 Å². The number of fused-ring (bicyclic) bond motifs is 2. The first-order valence-electron chi connectivity index (χ1n) is 5.16. The summed E-state index contributed by atoms with van der Waals surface area (Å²) in [7, 11) is 0. The molecule has 16 heavy (non-hydrogen) atoms. The lowest BCUT2D eigenvalue weighted by molar-refractivity contribution is 0.488. The maximum atomic E-state index is 10.2. The number of aromatic hydroxyl groups is 1. The minimum Gasteiger partial charge on any atom is -0.507 e. The van der Waals surface area contributed by atoms with Crippen LogP contribution in [-0.2, 0) is 0 Å². The number of phenols is 1. The largest absolute Gasteiger partial charge is 0.507 e. The number of nitrogen functional groups attached to an aromatic ring is 1. The summed E-state index contributed by atoms with van der Waals surface area (Å²) in [5.41, 5.74) is 6.39. The normalized spacial score (nSPS) is 11.0. The Balaban J connectivity index is 2.56. The molecule has 0 spiro atoms. The van der Waals surface area contributed by atoms with Gasteiger partial charge >= 0.3 is 0 Å². The van der Waals surface area contributed by atoms with E-state index in [1.54, 1.807) is 6.07 Å². The number of phenolic OH excluding ortho intramolecular Hbond substituents is 1. The Hall–Kier alpha value is -2.22. The lowest BCUT2D eigenvalue weighted by Gasteiger charge is -2.06. The molecular weight excluding hydrogens is 198 g/mol. The number of nitrogens with two attached hydrogens (primary N) is 1. The first-order chi connectivity index (χ1) is 7.75. The third kappa shape index (κ3) is 1.20. The highest BCUT2D eigenvalue weighted by atomic mass is 16.3. The molecule has 0 atom stereocenters. The van der Waals surface area contributed by atoms with Gasteiger partial charge in [0.25, 0.3) is 0 Å². The second-order valence-electron chi connectivity index (χ2n) is 3.93. The van der Waals surface area contributed by atoms with Gasteiger partial charge in [-0.3, -0.25) is 0 Å². The molecule has 2 heteroatoms. The van der Waals surface area contributed by atoms with E-state index in [9.17, 15) is 5.11 Å². The van der Waals surface area contributed by atoms with Gasteiger partial charge in [-0.1, -0.05) is 30.3 Å². The number of anilines is 1. The van der Waals surface area contributed by atoms with E-state index in [2.05, 4.69) is 6.07 Å². The fourth-order valence-electron chi connectivity index (χ4n) is 2.06. The van der Waals surface area contributed by atoms with Crippen molar-refractivity contribution in [1.82, 2.24) is 0 Å². The molecule has 0 heterocycles. The summed E-state index contributed by atoms with van der Waals surface area (Å²) in [6, 6.07) is 15.4. The lowest BCUT2D eigenvalue weighted by Crippen LogP contribution is -1.85. The van der Waals surface area contributed by atoms with Crippen molar-refractivity contribution in [3.8, 4) is 5.75 Å². The fraction of sp³-hybridized carbons (Fsp3) is 0. The van der Waals surface area contributed by atoms with Crippen LogP contribution in [0.1, 0.15) is 0 Å². The lowest BCUT2D eigenvalue weighted by atomic mass is 10.0. The van der Waals surface area contributed by atoms with Crippen molar-refractivity contribution in [2.45, 2.75) is 0 Å². The van der Waals surface area contributed by atoms with Gasteiger partial charge in [-0.25, -0.2) is 0 Å². The summed E-state index contributed by atoms with van der Waals surface area (Å²) in [6.07, 6.45) is 0. The van der Waals surface area contributed by atoms with Crippen LogP contribution in [0.15, 0.2) is 48.5 Å². The quantitative estimate of drug-likeness (QED) is 0.441. The molecule has 3 rings (SSSR count). The molecule has 3 N–H and O–H groups in total. The molecule has 2 nitrogen and oxygen atoms in total. The average molecular weight is 209 g/mol. The SMILES string of the molecule is Nc1ccc2cc3ccccc3c(O)c2c1. The maximum Gasteiger partial charge on any atom is 0.131 e. The smallest absolute Gasteiger partial charge is 0.131 e. The second-order valence-corrected chi connectivity index (χ2v) is 3.93. The number of rotatable bonds is 0. The van der Waals surface area contributed by atoms with Gasteiger partial charge in [0.05, 0.1) is 0 Å². The molecule has 0 amide bonds. The van der Waals surface area contributed by atoms with E-state index in [-0.39, 0.29) is 0 Å². The van der Waals surface area contributed by atoms with Gasteiger partial charge in [0.1, 0.15) is 5.75 Å². The van der Waals surface area contributed by atoms with Crippen LogP contribution in [0, 0.1) is 0 Å². The van der Waals surface area contributed by atoms with Crippen molar-refractivity contribution in [2.75, 3.05) is 5.73 Å². The van der Waals surface area contributed by atoms with Crippen molar-refractivity contribution in [2.24, 2.45) is 0 Å². The molecule has 0 fully saturated rings. The average Bonchev–Trinajstić information content (AvgIpc) is 2.31. The maximum absolute atomic E-state index is 10.2. The molecule has 3 aromatic rings. The summed E-state index contributed by atoms with van der Waals surface area (Å²) in [6.45, 7) is 0. The Labute approximate surface area is 92.9 Å². The number of benzene rings is 3. The zero-order chi connectivity index (χ0) is 11.1. The molecule has 0 saturated carbocycles. The zero-order valence-corrected chi connectivity index (χ0v) is 8.64. The Kier molecular flexibility index (Phi) is 1.77. The Bertz CT molecular complexity index is 689. The van der Waals surface area contributed by atoms with Gasteiger partial charge in [-0.15, -0.1) is 0 Å². The Morgan fingerprint density at radius 2 is 1.56 bits per heavy atom. The minimum absolute atomic E-state index is 0.306. The molecule has 0 saturated heterocycles. The standard InChI is InChI=1S/C14H11NO/c15-11-6-5-10-7-9-3-1-2-4-12(9)14(16)13(10)8-11/h1-8,16H,15H2. The summed E-state index contributed by atoms with van der Waals surface area (Å²) in [4.78, 5) is 0. The Morgan fingerprint density at radius 3 is 2.44 bits per heavy atom. The first kappa shape index (κ1) is 9.04. The fourth-order valence-corrected chi connectivity index (χ4v) is 2.06. The van der Waals surface area contributed by atoms with Crippen LogP contribution in [0.25, 0.3) is 21.5 Å². The van der Waals surface area contributed by atoms with Crippen LogP contribution in [0.5, 0.6) is 5.75 Å². The highest BCUT2D eigenvalue weighted by Gasteiger charge is 2.05. The predicted molar refractivity (Wildman–Crippen MR) is 67.5 cm³/mol. The van der Waals surface area contributed by atoms with Gasteiger partial charge < -0.3 is 10.8 Å². The van der Waals surface area contributed by atoms with Crippen LogP contribution in [0.3, 0.4) is 0 Å². The molecule has 0 aliphatic carbocycles. The van der Waals surface area contributed by atoms with Gasteiger partial charge in [-0.2, -0.15) is 0 Å². The van der Waals surface area contributed by atoms with Crippen molar-refractivity contribution < 1.29 is 5.11 Å². The molecule has 0 aliphatic heterocycles. The van der Waals surface area contributed by atoms with Gasteiger partial charge in [0.15, 0.2) is 0 Å². The second kappa shape index (κ2) is 3.14. The third-order valence-corrected chi connectivity index (χ3v) is 2.86. The molecule has 0 unspecified atom stereocenters. The number of hydrogen-bond donors (Lipinski definition) is 2. The molecule has 3 aromatic carbocycles. The molecule has 0 aromatic heterocycles. The predicted octanol–water partition coefficient (Wildman–Crippen LogP) is 3.28. The Morgan fingerprint density at radius 1 is 0.812 bits per heavy atom. The highest BCUT2D eigenvalue weighted by molar-refractivity contribution is 6.05. The van der Waals surface area contributed by atoms with Gasteiger partial charge in [0.2, 0.25) is 0 Å². The molecule has 0 radical (unpaired) electrons.